The van der Waals surface area contributed by atoms with E-state index < -0.39 is 0 Å². The van der Waals surface area contributed by atoms with Crippen LogP contribution in [0.25, 0.3) is 4.85 Å². The highest BCUT2D eigenvalue weighted by molar-refractivity contribution is 6.30. The van der Waals surface area contributed by atoms with E-state index in [1.807, 2.05) is 6.07 Å². The highest BCUT2D eigenvalue weighted by Crippen LogP contribution is 2.22. The van der Waals surface area contributed by atoms with Gasteiger partial charge in [-0.05, 0) is 12.1 Å². The molecule has 0 N–H and O–H groups in total. The van der Waals surface area contributed by atoms with Gasteiger partial charge in [0.1, 0.15) is 0 Å². The number of hydrogen-bond acceptors (Lipinski definition) is 1. The average molecular weight is 163 g/mol. The van der Waals surface area contributed by atoms with Crippen molar-refractivity contribution in [1.29, 1.82) is 5.26 Å². The third kappa shape index (κ3) is 1.49. The standard InChI is InChI=1S/C8H3ClN2/c1-11-8-4-7(9)3-2-6(8)5-10/h2-4H. The molecule has 1 aromatic carbocycles. The summed E-state index contributed by atoms with van der Waals surface area (Å²) in [5.74, 6) is 0. The minimum atomic E-state index is 0.306. The first-order valence-electron chi connectivity index (χ1n) is 2.85. The van der Waals surface area contributed by atoms with E-state index in [-0.39, 0.29) is 0 Å². The molecule has 0 heterocycles. The van der Waals surface area contributed by atoms with Crippen molar-refractivity contribution in [3.63, 3.8) is 0 Å². The van der Waals surface area contributed by atoms with E-state index in [2.05, 4.69) is 4.85 Å². The summed E-state index contributed by atoms with van der Waals surface area (Å²) in [6.45, 7) is 6.70. The number of benzene rings is 1. The molecule has 0 bridgehead atoms. The molecule has 52 valence electrons. The Labute approximate surface area is 69.5 Å². The van der Waals surface area contributed by atoms with Gasteiger partial charge in [-0.15, -0.1) is 0 Å². The molecule has 1 aromatic rings. The van der Waals surface area contributed by atoms with Crippen LogP contribution in [0, 0.1) is 17.9 Å². The fourth-order valence-corrected chi connectivity index (χ4v) is 0.858. The van der Waals surface area contributed by atoms with Crippen LogP contribution >= 0.6 is 11.6 Å². The first kappa shape index (κ1) is 7.60. The fraction of sp³-hybridized carbons (Fsp3) is 0. The molecule has 0 unspecified atom stereocenters. The maximum absolute atomic E-state index is 8.50. The lowest BCUT2D eigenvalue weighted by Gasteiger charge is -1.92. The third-order valence-corrected chi connectivity index (χ3v) is 1.44. The van der Waals surface area contributed by atoms with Gasteiger partial charge in [-0.3, -0.25) is 0 Å². The minimum Gasteiger partial charge on any atom is -0.237 e. The third-order valence-electron chi connectivity index (χ3n) is 1.20. The van der Waals surface area contributed by atoms with Crippen LogP contribution in [0.5, 0.6) is 0 Å². The summed E-state index contributed by atoms with van der Waals surface area (Å²) in [5.41, 5.74) is 0.671. The maximum atomic E-state index is 8.50. The number of rotatable bonds is 0. The summed E-state index contributed by atoms with van der Waals surface area (Å²) >= 11 is 5.60. The summed E-state index contributed by atoms with van der Waals surface area (Å²) in [6.07, 6.45) is 0. The molecule has 0 aliphatic carbocycles. The predicted molar refractivity (Wildman–Crippen MR) is 42.4 cm³/mol. The Morgan fingerprint density at radius 3 is 2.82 bits per heavy atom. The second-order valence-electron chi connectivity index (χ2n) is 1.89. The van der Waals surface area contributed by atoms with Crippen molar-refractivity contribution in [2.75, 3.05) is 0 Å². The summed E-state index contributed by atoms with van der Waals surface area (Å²) in [4.78, 5) is 3.15. The molecule has 0 aliphatic rings. The molecule has 0 atom stereocenters. The first-order valence-corrected chi connectivity index (χ1v) is 3.23. The zero-order chi connectivity index (χ0) is 8.27. The van der Waals surface area contributed by atoms with Crippen LogP contribution in [0.4, 0.5) is 5.69 Å². The van der Waals surface area contributed by atoms with Crippen molar-refractivity contribution in [1.82, 2.24) is 0 Å². The highest BCUT2D eigenvalue weighted by atomic mass is 35.5. The largest absolute Gasteiger partial charge is 0.237 e. The maximum Gasteiger partial charge on any atom is 0.206 e. The first-order chi connectivity index (χ1) is 5.27. The van der Waals surface area contributed by atoms with Gasteiger partial charge in [-0.1, -0.05) is 17.7 Å². The molecule has 11 heavy (non-hydrogen) atoms. The lowest BCUT2D eigenvalue weighted by atomic mass is 10.2. The zero-order valence-electron chi connectivity index (χ0n) is 5.50. The Bertz CT molecular complexity index is 357. The van der Waals surface area contributed by atoms with Crippen molar-refractivity contribution in [3.8, 4) is 6.07 Å². The summed E-state index contributed by atoms with van der Waals surface area (Å²) in [5, 5.41) is 8.99. The Kier molecular flexibility index (Phi) is 2.11. The summed E-state index contributed by atoms with van der Waals surface area (Å²) in [7, 11) is 0. The molecule has 0 fully saturated rings. The van der Waals surface area contributed by atoms with E-state index in [0.717, 1.165) is 0 Å². The smallest absolute Gasteiger partial charge is 0.206 e. The minimum absolute atomic E-state index is 0.306. The van der Waals surface area contributed by atoms with Crippen LogP contribution in [0.1, 0.15) is 5.56 Å². The second kappa shape index (κ2) is 3.05. The van der Waals surface area contributed by atoms with Crippen molar-refractivity contribution in [2.45, 2.75) is 0 Å². The molecule has 0 aliphatic heterocycles. The Hall–Kier alpha value is -1.51. The number of nitrogens with zero attached hydrogens (tertiary/aromatic N) is 2. The van der Waals surface area contributed by atoms with E-state index in [1.54, 1.807) is 6.07 Å². The highest BCUT2D eigenvalue weighted by Gasteiger charge is 2.00. The molecule has 0 saturated heterocycles. The average Bonchev–Trinajstić information content (AvgIpc) is 2.04. The predicted octanol–water partition coefficient (Wildman–Crippen LogP) is 2.76. The van der Waals surface area contributed by atoms with Gasteiger partial charge in [0.2, 0.25) is 5.69 Å². The van der Waals surface area contributed by atoms with E-state index in [0.29, 0.717) is 16.3 Å². The number of halogens is 1. The molecule has 0 amide bonds. The quantitative estimate of drug-likeness (QED) is 0.539. The van der Waals surface area contributed by atoms with Gasteiger partial charge in [0, 0.05) is 5.02 Å². The van der Waals surface area contributed by atoms with Crippen LogP contribution in [0.2, 0.25) is 5.02 Å². The van der Waals surface area contributed by atoms with Gasteiger partial charge >= 0.3 is 0 Å². The topological polar surface area (TPSA) is 28.1 Å². The molecular weight excluding hydrogens is 160 g/mol. The van der Waals surface area contributed by atoms with Crippen molar-refractivity contribution in [3.05, 3.63) is 40.2 Å². The Morgan fingerprint density at radius 1 is 1.55 bits per heavy atom. The molecule has 1 rings (SSSR count). The van der Waals surface area contributed by atoms with E-state index >= 15 is 0 Å². The number of nitriles is 1. The molecule has 0 saturated carbocycles. The van der Waals surface area contributed by atoms with Crippen molar-refractivity contribution >= 4 is 17.3 Å². The van der Waals surface area contributed by atoms with Gasteiger partial charge in [-0.25, -0.2) is 4.85 Å². The van der Waals surface area contributed by atoms with Crippen LogP contribution in [0.3, 0.4) is 0 Å². The number of hydrogen-bond donors (Lipinski definition) is 0. The Balaban J connectivity index is 3.34. The molecule has 2 nitrogen and oxygen atoms in total. The zero-order valence-corrected chi connectivity index (χ0v) is 6.26. The normalized spacial score (nSPS) is 8.27. The summed E-state index contributed by atoms with van der Waals surface area (Å²) in [6, 6.07) is 6.51. The molecule has 3 heteroatoms. The molecule has 0 radical (unpaired) electrons. The van der Waals surface area contributed by atoms with Crippen molar-refractivity contribution in [2.24, 2.45) is 0 Å². The van der Waals surface area contributed by atoms with Gasteiger partial charge in [0.05, 0.1) is 18.2 Å². The fourth-order valence-electron chi connectivity index (χ4n) is 0.692. The SMILES string of the molecule is [C-]#[N+]c1cc(Cl)ccc1C#N. The van der Waals surface area contributed by atoms with Crippen LogP contribution < -0.4 is 0 Å². The summed E-state index contributed by atoms with van der Waals surface area (Å²) < 4.78 is 0. The lowest BCUT2D eigenvalue weighted by molar-refractivity contribution is 1.49. The van der Waals surface area contributed by atoms with Gasteiger partial charge in [-0.2, -0.15) is 5.26 Å². The van der Waals surface area contributed by atoms with E-state index in [9.17, 15) is 0 Å². The van der Waals surface area contributed by atoms with Crippen LogP contribution in [0.15, 0.2) is 18.2 Å². The Morgan fingerprint density at radius 2 is 2.27 bits per heavy atom. The lowest BCUT2D eigenvalue weighted by Crippen LogP contribution is -1.72. The van der Waals surface area contributed by atoms with E-state index in [1.165, 1.54) is 12.1 Å². The monoisotopic (exact) mass is 162 g/mol. The van der Waals surface area contributed by atoms with Crippen LogP contribution in [-0.4, -0.2) is 0 Å². The van der Waals surface area contributed by atoms with Crippen molar-refractivity contribution < 1.29 is 0 Å². The van der Waals surface area contributed by atoms with Gasteiger partial charge in [0.25, 0.3) is 0 Å². The van der Waals surface area contributed by atoms with Gasteiger partial charge in [0.15, 0.2) is 0 Å². The molecule has 0 aromatic heterocycles. The van der Waals surface area contributed by atoms with Gasteiger partial charge < -0.3 is 0 Å². The molecule has 0 spiro atoms. The van der Waals surface area contributed by atoms with E-state index in [4.69, 9.17) is 23.4 Å². The second-order valence-corrected chi connectivity index (χ2v) is 2.32. The van der Waals surface area contributed by atoms with Crippen LogP contribution in [-0.2, 0) is 0 Å². The molecular formula is C8H3ClN2.